The highest BCUT2D eigenvalue weighted by Crippen LogP contribution is 1.98. The van der Waals surface area contributed by atoms with E-state index in [1.54, 1.807) is 0 Å². The molecule has 4 nitrogen and oxygen atoms in total. The number of carbonyl (C=O) groups is 1. The van der Waals surface area contributed by atoms with Crippen molar-refractivity contribution in [2.45, 2.75) is 45.3 Å². The summed E-state index contributed by atoms with van der Waals surface area (Å²) in [5.74, 6) is -0.248. The van der Waals surface area contributed by atoms with E-state index in [0.29, 0.717) is 0 Å². The molecule has 0 radical (unpaired) electrons. The van der Waals surface area contributed by atoms with Crippen molar-refractivity contribution in [2.24, 2.45) is 0 Å². The van der Waals surface area contributed by atoms with E-state index in [4.69, 9.17) is 5.11 Å². The van der Waals surface area contributed by atoms with Gasteiger partial charge in [0.1, 0.15) is 6.10 Å². The molecule has 0 spiro atoms. The van der Waals surface area contributed by atoms with E-state index in [-0.39, 0.29) is 25.0 Å². The Kier molecular flexibility index (Phi) is 8.01. The maximum atomic E-state index is 11.9. The van der Waals surface area contributed by atoms with E-state index in [0.717, 1.165) is 12.8 Å². The fourth-order valence-electron chi connectivity index (χ4n) is 1.25. The van der Waals surface area contributed by atoms with Gasteiger partial charge in [-0.3, -0.25) is 4.79 Å². The van der Waals surface area contributed by atoms with Gasteiger partial charge < -0.3 is 15.7 Å². The molecule has 0 heterocycles. The first-order valence-electron chi connectivity index (χ1n) is 5.43. The highest BCUT2D eigenvalue weighted by Gasteiger charge is 2.16. The zero-order chi connectivity index (χ0) is 12.6. The van der Waals surface area contributed by atoms with Crippen LogP contribution >= 0.6 is 0 Å². The minimum atomic E-state index is -2.78. The van der Waals surface area contributed by atoms with Crippen LogP contribution < -0.4 is 10.6 Å². The van der Waals surface area contributed by atoms with E-state index >= 15 is 0 Å². The fourth-order valence-corrected chi connectivity index (χ4v) is 1.25. The molecule has 2 unspecified atom stereocenters. The fraction of sp³-hybridized carbons (Fsp3) is 0.900. The first-order chi connectivity index (χ1) is 7.47. The lowest BCUT2D eigenvalue weighted by molar-refractivity contribution is -0.121. The summed E-state index contributed by atoms with van der Waals surface area (Å²) in [6.07, 6.45) is -2.65. The van der Waals surface area contributed by atoms with Crippen molar-refractivity contribution < 1.29 is 18.7 Å². The van der Waals surface area contributed by atoms with Crippen LogP contribution in [0, 0.1) is 0 Å². The number of halogens is 2. The Labute approximate surface area is 94.4 Å². The topological polar surface area (TPSA) is 61.4 Å². The summed E-state index contributed by atoms with van der Waals surface area (Å²) in [6, 6.07) is 0.0827. The monoisotopic (exact) mass is 238 g/mol. The smallest absolute Gasteiger partial charge is 0.265 e. The summed E-state index contributed by atoms with van der Waals surface area (Å²) in [5.41, 5.74) is 0. The Hall–Kier alpha value is -0.750. The van der Waals surface area contributed by atoms with Gasteiger partial charge in [-0.1, -0.05) is 13.3 Å². The number of carbonyl (C=O) groups excluding carboxylic acids is 1. The lowest BCUT2D eigenvalue weighted by Gasteiger charge is -2.14. The van der Waals surface area contributed by atoms with Crippen LogP contribution in [0.25, 0.3) is 0 Å². The lowest BCUT2D eigenvalue weighted by Crippen LogP contribution is -2.42. The second-order valence-electron chi connectivity index (χ2n) is 3.79. The predicted octanol–water partition coefficient (Wildman–Crippen LogP) is 0.507. The molecule has 0 fully saturated rings. The maximum absolute atomic E-state index is 11.9. The number of rotatable bonds is 8. The molecule has 0 saturated heterocycles. The molecule has 6 heteroatoms. The van der Waals surface area contributed by atoms with Gasteiger partial charge in [0.05, 0.1) is 6.54 Å². The van der Waals surface area contributed by atoms with E-state index < -0.39 is 12.5 Å². The summed E-state index contributed by atoms with van der Waals surface area (Å²) in [5, 5.41) is 13.9. The number of aliphatic hydroxyl groups is 1. The summed E-state index contributed by atoms with van der Waals surface area (Å²) in [6.45, 7) is 3.56. The van der Waals surface area contributed by atoms with Crippen molar-refractivity contribution in [3.05, 3.63) is 0 Å². The molecule has 1 amide bonds. The number of aliphatic hydroxyl groups excluding tert-OH is 1. The standard InChI is InChI=1S/C10H20F2N2O2/c1-3-4-7(2)14-9(16)6-13-5-8(15)10(11)12/h7-8,10,13,15H,3-6H2,1-2H3,(H,14,16). The Bertz CT molecular complexity index is 203. The molecule has 16 heavy (non-hydrogen) atoms. The van der Waals surface area contributed by atoms with E-state index in [1.165, 1.54) is 0 Å². The SMILES string of the molecule is CCCC(C)NC(=O)CNCC(O)C(F)F. The van der Waals surface area contributed by atoms with Gasteiger partial charge in [0, 0.05) is 12.6 Å². The number of hydrogen-bond donors (Lipinski definition) is 3. The molecule has 96 valence electrons. The molecule has 0 rings (SSSR count). The van der Waals surface area contributed by atoms with Crippen molar-refractivity contribution in [3.63, 3.8) is 0 Å². The Balaban J connectivity index is 3.58. The van der Waals surface area contributed by atoms with Gasteiger partial charge in [0.25, 0.3) is 6.43 Å². The van der Waals surface area contributed by atoms with Crippen molar-refractivity contribution >= 4 is 5.91 Å². The van der Waals surface area contributed by atoms with E-state index in [1.807, 2.05) is 13.8 Å². The lowest BCUT2D eigenvalue weighted by atomic mass is 10.2. The molecule has 0 aromatic rings. The molecular formula is C10H20F2N2O2. The number of hydrogen-bond acceptors (Lipinski definition) is 3. The molecule has 0 aromatic heterocycles. The van der Waals surface area contributed by atoms with Crippen LogP contribution in [-0.2, 0) is 4.79 Å². The van der Waals surface area contributed by atoms with Gasteiger partial charge in [0.15, 0.2) is 0 Å². The molecule has 0 aromatic carbocycles. The molecule has 0 aliphatic heterocycles. The first-order valence-corrected chi connectivity index (χ1v) is 5.43. The summed E-state index contributed by atoms with van der Waals surface area (Å²) in [4.78, 5) is 11.2. The minimum Gasteiger partial charge on any atom is -0.386 e. The maximum Gasteiger partial charge on any atom is 0.265 e. The average Bonchev–Trinajstić information content (AvgIpc) is 2.17. The van der Waals surface area contributed by atoms with Gasteiger partial charge >= 0.3 is 0 Å². The van der Waals surface area contributed by atoms with Gasteiger partial charge in [-0.25, -0.2) is 8.78 Å². The summed E-state index contributed by atoms with van der Waals surface area (Å²) >= 11 is 0. The van der Waals surface area contributed by atoms with Crippen molar-refractivity contribution in [1.82, 2.24) is 10.6 Å². The zero-order valence-corrected chi connectivity index (χ0v) is 9.67. The second-order valence-corrected chi connectivity index (χ2v) is 3.79. The molecular weight excluding hydrogens is 218 g/mol. The van der Waals surface area contributed by atoms with Crippen molar-refractivity contribution in [1.29, 1.82) is 0 Å². The Morgan fingerprint density at radius 1 is 1.44 bits per heavy atom. The van der Waals surface area contributed by atoms with E-state index in [9.17, 15) is 13.6 Å². The zero-order valence-electron chi connectivity index (χ0n) is 9.67. The largest absolute Gasteiger partial charge is 0.386 e. The number of alkyl halides is 2. The molecule has 0 bridgehead atoms. The minimum absolute atomic E-state index is 0.0577. The first kappa shape index (κ1) is 15.2. The van der Waals surface area contributed by atoms with Gasteiger partial charge in [-0.2, -0.15) is 0 Å². The van der Waals surface area contributed by atoms with Crippen molar-refractivity contribution in [3.8, 4) is 0 Å². The van der Waals surface area contributed by atoms with Crippen LogP contribution in [0.3, 0.4) is 0 Å². The third-order valence-corrected chi connectivity index (χ3v) is 2.06. The molecule has 0 aliphatic rings. The van der Waals surface area contributed by atoms with Crippen molar-refractivity contribution in [2.75, 3.05) is 13.1 Å². The van der Waals surface area contributed by atoms with Crippen LogP contribution in [0.4, 0.5) is 8.78 Å². The highest BCUT2D eigenvalue weighted by atomic mass is 19.3. The van der Waals surface area contributed by atoms with Gasteiger partial charge in [-0.05, 0) is 13.3 Å². The van der Waals surface area contributed by atoms with Crippen LogP contribution in [0.5, 0.6) is 0 Å². The highest BCUT2D eigenvalue weighted by molar-refractivity contribution is 5.78. The predicted molar refractivity (Wildman–Crippen MR) is 57.4 cm³/mol. The van der Waals surface area contributed by atoms with Crippen LogP contribution in [-0.4, -0.2) is 42.7 Å². The summed E-state index contributed by atoms with van der Waals surface area (Å²) < 4.78 is 23.7. The van der Waals surface area contributed by atoms with Gasteiger partial charge in [-0.15, -0.1) is 0 Å². The Morgan fingerprint density at radius 2 is 2.06 bits per heavy atom. The average molecular weight is 238 g/mol. The third-order valence-electron chi connectivity index (χ3n) is 2.06. The Morgan fingerprint density at radius 3 is 2.56 bits per heavy atom. The molecule has 3 N–H and O–H groups in total. The van der Waals surface area contributed by atoms with Crippen LogP contribution in [0.15, 0.2) is 0 Å². The van der Waals surface area contributed by atoms with Crippen LogP contribution in [0.2, 0.25) is 0 Å². The summed E-state index contributed by atoms with van der Waals surface area (Å²) in [7, 11) is 0. The number of amides is 1. The quantitative estimate of drug-likeness (QED) is 0.577. The third kappa shape index (κ3) is 7.53. The molecule has 0 saturated carbocycles. The van der Waals surface area contributed by atoms with E-state index in [2.05, 4.69) is 10.6 Å². The normalized spacial score (nSPS) is 14.9. The second kappa shape index (κ2) is 8.41. The van der Waals surface area contributed by atoms with Gasteiger partial charge in [0.2, 0.25) is 5.91 Å². The number of nitrogens with one attached hydrogen (secondary N) is 2. The van der Waals surface area contributed by atoms with Crippen LogP contribution in [0.1, 0.15) is 26.7 Å². The molecule has 0 aliphatic carbocycles. The molecule has 2 atom stereocenters.